The summed E-state index contributed by atoms with van der Waals surface area (Å²) in [6.07, 6.45) is 1.60. The van der Waals surface area contributed by atoms with Gasteiger partial charge in [-0.25, -0.2) is 4.98 Å². The highest BCUT2D eigenvalue weighted by molar-refractivity contribution is 6.32. The number of nitrogens with zero attached hydrogens (tertiary/aromatic N) is 2. The van der Waals surface area contributed by atoms with E-state index in [4.69, 9.17) is 16.3 Å². The SMILES string of the molecule is COc1ccccc1N1CC[NH+]([C@@H](C)C(=O)Nc2cccnc2Cl)CC1. The fourth-order valence-electron chi connectivity index (χ4n) is 3.26. The Kier molecular flexibility index (Phi) is 5.96. The average Bonchev–Trinajstić information content (AvgIpc) is 2.69. The van der Waals surface area contributed by atoms with Gasteiger partial charge in [0.1, 0.15) is 5.75 Å². The van der Waals surface area contributed by atoms with Crippen molar-refractivity contribution in [3.05, 3.63) is 47.7 Å². The lowest BCUT2D eigenvalue weighted by molar-refractivity contribution is -0.914. The van der Waals surface area contributed by atoms with Crippen molar-refractivity contribution in [3.8, 4) is 5.75 Å². The van der Waals surface area contributed by atoms with E-state index in [1.165, 1.54) is 4.90 Å². The summed E-state index contributed by atoms with van der Waals surface area (Å²) in [5, 5.41) is 3.19. The van der Waals surface area contributed by atoms with E-state index < -0.39 is 0 Å². The van der Waals surface area contributed by atoms with Crippen molar-refractivity contribution in [2.24, 2.45) is 0 Å². The molecule has 0 unspecified atom stereocenters. The lowest BCUT2D eigenvalue weighted by Crippen LogP contribution is -3.19. The number of benzene rings is 1. The summed E-state index contributed by atoms with van der Waals surface area (Å²) >= 11 is 6.02. The van der Waals surface area contributed by atoms with Gasteiger partial charge < -0.3 is 19.9 Å². The van der Waals surface area contributed by atoms with Crippen LogP contribution in [0, 0.1) is 0 Å². The van der Waals surface area contributed by atoms with Gasteiger partial charge in [0.15, 0.2) is 11.2 Å². The second-order valence-corrected chi connectivity index (χ2v) is 6.73. The number of pyridine rings is 1. The maximum Gasteiger partial charge on any atom is 0.282 e. The Balaban J connectivity index is 1.59. The van der Waals surface area contributed by atoms with Crippen molar-refractivity contribution < 1.29 is 14.4 Å². The third-order valence-electron chi connectivity index (χ3n) is 4.85. The molecule has 1 aromatic heterocycles. The summed E-state index contributed by atoms with van der Waals surface area (Å²) < 4.78 is 5.46. The number of nitrogens with one attached hydrogen (secondary N) is 2. The number of aromatic nitrogens is 1. The van der Waals surface area contributed by atoms with Gasteiger partial charge in [0, 0.05) is 6.20 Å². The lowest BCUT2D eigenvalue weighted by atomic mass is 10.2. The molecule has 2 aromatic rings. The maximum absolute atomic E-state index is 12.6. The molecule has 1 atom stereocenters. The monoisotopic (exact) mass is 375 g/mol. The largest absolute Gasteiger partial charge is 0.495 e. The predicted molar refractivity (Wildman–Crippen MR) is 103 cm³/mol. The summed E-state index contributed by atoms with van der Waals surface area (Å²) in [5.41, 5.74) is 1.66. The van der Waals surface area contributed by atoms with Gasteiger partial charge in [-0.15, -0.1) is 0 Å². The lowest BCUT2D eigenvalue weighted by Gasteiger charge is -2.36. The predicted octanol–water partition coefficient (Wildman–Crippen LogP) is 1.48. The number of anilines is 2. The number of ether oxygens (including phenoxy) is 1. The van der Waals surface area contributed by atoms with E-state index in [-0.39, 0.29) is 11.9 Å². The number of amides is 1. The molecule has 0 radical (unpaired) electrons. The number of para-hydroxylation sites is 2. The second-order valence-electron chi connectivity index (χ2n) is 6.37. The molecule has 0 bridgehead atoms. The van der Waals surface area contributed by atoms with Crippen LogP contribution in [0.5, 0.6) is 5.75 Å². The zero-order valence-electron chi connectivity index (χ0n) is 15.0. The third-order valence-corrected chi connectivity index (χ3v) is 5.16. The molecule has 0 saturated carbocycles. The summed E-state index contributed by atoms with van der Waals surface area (Å²) in [7, 11) is 1.69. The molecular weight excluding hydrogens is 352 g/mol. The highest BCUT2D eigenvalue weighted by Crippen LogP contribution is 2.27. The van der Waals surface area contributed by atoms with Crippen LogP contribution in [0.4, 0.5) is 11.4 Å². The second kappa shape index (κ2) is 8.38. The quantitative estimate of drug-likeness (QED) is 0.777. The van der Waals surface area contributed by atoms with Crippen LogP contribution in [0.3, 0.4) is 0 Å². The van der Waals surface area contributed by atoms with E-state index in [9.17, 15) is 4.79 Å². The third kappa shape index (κ3) is 4.08. The fourth-order valence-corrected chi connectivity index (χ4v) is 3.43. The first-order valence-electron chi connectivity index (χ1n) is 8.74. The van der Waals surface area contributed by atoms with Crippen LogP contribution in [-0.4, -0.2) is 50.2 Å². The summed E-state index contributed by atoms with van der Waals surface area (Å²) in [5.74, 6) is 0.841. The number of quaternary nitrogens is 1. The topological polar surface area (TPSA) is 58.9 Å². The normalized spacial score (nSPS) is 16.2. The molecule has 1 aliphatic rings. The number of methoxy groups -OCH3 is 1. The van der Waals surface area contributed by atoms with Gasteiger partial charge in [0.2, 0.25) is 0 Å². The Labute approximate surface area is 158 Å². The highest BCUT2D eigenvalue weighted by Gasteiger charge is 2.30. The minimum absolute atomic E-state index is 0.0411. The molecule has 2 heterocycles. The van der Waals surface area contributed by atoms with Gasteiger partial charge in [0.05, 0.1) is 44.7 Å². The Hall–Kier alpha value is -2.31. The fraction of sp³-hybridized carbons (Fsp3) is 0.368. The van der Waals surface area contributed by atoms with E-state index in [1.54, 1.807) is 25.4 Å². The van der Waals surface area contributed by atoms with Crippen LogP contribution in [-0.2, 0) is 4.79 Å². The molecule has 1 amide bonds. The number of carbonyl (C=O) groups is 1. The van der Waals surface area contributed by atoms with Crippen LogP contribution in [0.25, 0.3) is 0 Å². The Morgan fingerprint density at radius 3 is 2.69 bits per heavy atom. The summed E-state index contributed by atoms with van der Waals surface area (Å²) in [4.78, 5) is 20.1. The van der Waals surface area contributed by atoms with Gasteiger partial charge >= 0.3 is 0 Å². The molecular formula is C19H24ClN4O2+. The Morgan fingerprint density at radius 2 is 2.00 bits per heavy atom. The number of hydrogen-bond acceptors (Lipinski definition) is 4. The first-order chi connectivity index (χ1) is 12.6. The maximum atomic E-state index is 12.6. The number of hydrogen-bond donors (Lipinski definition) is 2. The number of piperazine rings is 1. The molecule has 1 aromatic carbocycles. The molecule has 6 nitrogen and oxygen atoms in total. The van der Waals surface area contributed by atoms with Crippen molar-refractivity contribution in [3.63, 3.8) is 0 Å². The van der Waals surface area contributed by atoms with Crippen molar-refractivity contribution in [1.82, 2.24) is 4.98 Å². The van der Waals surface area contributed by atoms with Gasteiger partial charge in [-0.2, -0.15) is 0 Å². The van der Waals surface area contributed by atoms with Gasteiger partial charge in [-0.3, -0.25) is 4.79 Å². The molecule has 2 N–H and O–H groups in total. The van der Waals surface area contributed by atoms with E-state index in [0.29, 0.717) is 10.8 Å². The van der Waals surface area contributed by atoms with Gasteiger partial charge in [-0.05, 0) is 31.2 Å². The molecule has 26 heavy (non-hydrogen) atoms. The molecule has 7 heteroatoms. The minimum atomic E-state index is -0.161. The smallest absolute Gasteiger partial charge is 0.282 e. The molecule has 1 aliphatic heterocycles. The van der Waals surface area contributed by atoms with Crippen molar-refractivity contribution in [2.75, 3.05) is 43.5 Å². The van der Waals surface area contributed by atoms with Crippen LogP contribution >= 0.6 is 11.6 Å². The zero-order chi connectivity index (χ0) is 18.5. The number of halogens is 1. The van der Waals surface area contributed by atoms with Crippen molar-refractivity contribution >= 4 is 28.9 Å². The molecule has 3 rings (SSSR count). The molecule has 138 valence electrons. The first kappa shape index (κ1) is 18.5. The minimum Gasteiger partial charge on any atom is -0.495 e. The van der Waals surface area contributed by atoms with Crippen molar-refractivity contribution in [1.29, 1.82) is 0 Å². The standard InChI is InChI=1S/C19H23ClN4O2/c1-14(19(25)22-15-6-5-9-21-18(15)20)23-10-12-24(13-11-23)16-7-3-4-8-17(16)26-2/h3-9,14H,10-13H2,1-2H3,(H,22,25)/p+1/t14-/m0/s1. The summed E-state index contributed by atoms with van der Waals surface area (Å²) in [6.45, 7) is 5.47. The molecule has 1 saturated heterocycles. The zero-order valence-corrected chi connectivity index (χ0v) is 15.8. The Morgan fingerprint density at radius 1 is 1.27 bits per heavy atom. The van der Waals surface area contributed by atoms with E-state index in [2.05, 4.69) is 21.3 Å². The summed E-state index contributed by atoms with van der Waals surface area (Å²) in [6, 6.07) is 11.4. The molecule has 0 spiro atoms. The number of rotatable bonds is 5. The average molecular weight is 376 g/mol. The highest BCUT2D eigenvalue weighted by atomic mass is 35.5. The van der Waals surface area contributed by atoms with E-state index >= 15 is 0 Å². The van der Waals surface area contributed by atoms with Gasteiger partial charge in [0.25, 0.3) is 5.91 Å². The van der Waals surface area contributed by atoms with Crippen LogP contribution in [0.2, 0.25) is 5.15 Å². The van der Waals surface area contributed by atoms with E-state index in [0.717, 1.165) is 37.6 Å². The van der Waals surface area contributed by atoms with Crippen molar-refractivity contribution in [2.45, 2.75) is 13.0 Å². The number of carbonyl (C=O) groups excluding carboxylic acids is 1. The van der Waals surface area contributed by atoms with Gasteiger partial charge in [-0.1, -0.05) is 23.7 Å². The van der Waals surface area contributed by atoms with Crippen LogP contribution < -0.4 is 19.9 Å². The van der Waals surface area contributed by atoms with E-state index in [1.807, 2.05) is 25.1 Å². The Bertz CT molecular complexity index is 763. The molecule has 0 aliphatic carbocycles. The first-order valence-corrected chi connectivity index (χ1v) is 9.12. The van der Waals surface area contributed by atoms with Crippen LogP contribution in [0.1, 0.15) is 6.92 Å². The van der Waals surface area contributed by atoms with Crippen LogP contribution in [0.15, 0.2) is 42.6 Å². The molecule has 1 fully saturated rings.